The van der Waals surface area contributed by atoms with E-state index >= 15 is 0 Å². The Hall–Kier alpha value is -2.00. The predicted octanol–water partition coefficient (Wildman–Crippen LogP) is 2.61. The predicted molar refractivity (Wildman–Crippen MR) is 111 cm³/mol. The van der Waals surface area contributed by atoms with Crippen molar-refractivity contribution in [1.29, 1.82) is 0 Å². The van der Waals surface area contributed by atoms with Gasteiger partial charge in [0.25, 0.3) is 5.91 Å². The largest absolute Gasteiger partial charge is 0.452 e. The number of rotatable bonds is 7. The molecule has 7 nitrogen and oxygen atoms in total. The van der Waals surface area contributed by atoms with Crippen molar-refractivity contribution in [1.82, 2.24) is 10.0 Å². The van der Waals surface area contributed by atoms with E-state index in [4.69, 9.17) is 4.74 Å². The Balaban J connectivity index is 1.36. The van der Waals surface area contributed by atoms with Crippen LogP contribution in [0.4, 0.5) is 4.39 Å². The Labute approximate surface area is 182 Å². The average Bonchev–Trinajstić information content (AvgIpc) is 2.71. The molecular weight excluding hydrogens is 423 g/mol. The fraction of sp³-hybridized carbons (Fsp3) is 0.636. The van der Waals surface area contributed by atoms with Gasteiger partial charge in [0.05, 0.1) is 10.5 Å². The van der Waals surface area contributed by atoms with Gasteiger partial charge in [0.2, 0.25) is 10.0 Å². The maximum Gasteiger partial charge on any atom is 0.341 e. The zero-order chi connectivity index (χ0) is 22.4. The molecule has 1 unspecified atom stereocenters. The third-order valence-corrected chi connectivity index (χ3v) is 8.86. The molecule has 0 radical (unpaired) electrons. The van der Waals surface area contributed by atoms with Gasteiger partial charge < -0.3 is 10.1 Å². The number of amides is 1. The maximum absolute atomic E-state index is 14.1. The lowest BCUT2D eigenvalue weighted by molar-refractivity contribution is -0.128. The van der Waals surface area contributed by atoms with E-state index in [2.05, 4.69) is 10.0 Å². The highest BCUT2D eigenvalue weighted by atomic mass is 32.2. The molecule has 0 saturated heterocycles. The molecule has 1 aromatic carbocycles. The Kier molecular flexibility index (Phi) is 5.85. The molecule has 0 spiro atoms. The first-order valence-corrected chi connectivity index (χ1v) is 12.3. The molecule has 0 aromatic heterocycles. The maximum atomic E-state index is 14.1. The Morgan fingerprint density at radius 3 is 2.29 bits per heavy atom. The molecule has 0 heterocycles. The Bertz CT molecular complexity index is 958. The average molecular weight is 453 g/mol. The van der Waals surface area contributed by atoms with Crippen molar-refractivity contribution in [3.05, 3.63) is 29.6 Å². The summed E-state index contributed by atoms with van der Waals surface area (Å²) in [6, 6.07) is 2.82. The van der Waals surface area contributed by atoms with Crippen LogP contribution in [0.25, 0.3) is 0 Å². The summed E-state index contributed by atoms with van der Waals surface area (Å²) in [7, 11) is -2.63. The number of carbonyl (C=O) groups is 2. The van der Waals surface area contributed by atoms with Gasteiger partial charge in [-0.05, 0) is 93.9 Å². The van der Waals surface area contributed by atoms with Crippen LogP contribution in [0.1, 0.15) is 55.8 Å². The van der Waals surface area contributed by atoms with Crippen LogP contribution >= 0.6 is 0 Å². The highest BCUT2D eigenvalue weighted by molar-refractivity contribution is 7.89. The summed E-state index contributed by atoms with van der Waals surface area (Å²) >= 11 is 0. The summed E-state index contributed by atoms with van der Waals surface area (Å²) in [4.78, 5) is 24.5. The van der Waals surface area contributed by atoms with Gasteiger partial charge in [0, 0.05) is 6.04 Å². The van der Waals surface area contributed by atoms with Crippen molar-refractivity contribution in [3.63, 3.8) is 0 Å². The van der Waals surface area contributed by atoms with Crippen LogP contribution in [0.3, 0.4) is 0 Å². The number of benzene rings is 1. The van der Waals surface area contributed by atoms with E-state index in [9.17, 15) is 22.4 Å². The minimum atomic E-state index is -3.84. The monoisotopic (exact) mass is 452 g/mol. The minimum Gasteiger partial charge on any atom is -0.452 e. The molecule has 4 aliphatic rings. The summed E-state index contributed by atoms with van der Waals surface area (Å²) in [6.45, 7) is 1.48. The lowest BCUT2D eigenvalue weighted by atomic mass is 9.48. The Morgan fingerprint density at radius 2 is 1.74 bits per heavy atom. The van der Waals surface area contributed by atoms with Gasteiger partial charge in [-0.25, -0.2) is 22.3 Å². The van der Waals surface area contributed by atoms with Crippen LogP contribution in [-0.2, 0) is 19.6 Å². The second-order valence-corrected chi connectivity index (χ2v) is 11.4. The lowest BCUT2D eigenvalue weighted by Crippen LogP contribution is -2.56. The van der Waals surface area contributed by atoms with Gasteiger partial charge >= 0.3 is 5.97 Å². The first-order chi connectivity index (χ1) is 14.6. The molecule has 9 heteroatoms. The number of carbonyl (C=O) groups excluding carboxylic acids is 2. The third-order valence-electron chi connectivity index (χ3n) is 7.45. The van der Waals surface area contributed by atoms with Crippen LogP contribution < -0.4 is 10.0 Å². The summed E-state index contributed by atoms with van der Waals surface area (Å²) in [5, 5.41) is 2.99. The lowest BCUT2D eigenvalue weighted by Gasteiger charge is -2.59. The van der Waals surface area contributed by atoms with Gasteiger partial charge in [-0.15, -0.1) is 0 Å². The molecule has 4 saturated carbocycles. The third kappa shape index (κ3) is 4.35. The topological polar surface area (TPSA) is 102 Å². The van der Waals surface area contributed by atoms with E-state index in [1.165, 1.54) is 26.3 Å². The number of halogens is 1. The smallest absolute Gasteiger partial charge is 0.341 e. The first kappa shape index (κ1) is 22.2. The molecule has 4 fully saturated rings. The molecule has 4 aliphatic carbocycles. The molecule has 5 rings (SSSR count). The molecule has 1 atom stereocenters. The second kappa shape index (κ2) is 8.16. The molecule has 170 valence electrons. The molecule has 1 amide bonds. The number of ether oxygens (including phenoxy) is 1. The van der Waals surface area contributed by atoms with E-state index < -0.39 is 39.9 Å². The number of nitrogens with one attached hydrogen (secondary N) is 2. The van der Waals surface area contributed by atoms with Crippen molar-refractivity contribution in [2.24, 2.45) is 23.2 Å². The van der Waals surface area contributed by atoms with Crippen LogP contribution in [0.5, 0.6) is 0 Å². The van der Waals surface area contributed by atoms with Gasteiger partial charge in [0.15, 0.2) is 6.61 Å². The number of hydrogen-bond acceptors (Lipinski definition) is 5. The van der Waals surface area contributed by atoms with Crippen molar-refractivity contribution in [2.75, 3.05) is 13.7 Å². The molecule has 0 aliphatic heterocycles. The number of esters is 1. The standard InChI is InChI=1S/C22H29FN2O5S/c1-13(22-9-14-5-15(10-22)7-16(6-14)11-22)25-20(26)12-30-21(27)18-8-17(3-4-19(18)23)31(28,29)24-2/h3-4,8,13-16,24H,5-7,9-12H2,1-2H3,(H,25,26). The van der Waals surface area contributed by atoms with E-state index in [1.54, 1.807) is 0 Å². The quantitative estimate of drug-likeness (QED) is 0.620. The summed E-state index contributed by atoms with van der Waals surface area (Å²) in [5.74, 6) is -0.158. The Morgan fingerprint density at radius 1 is 1.16 bits per heavy atom. The van der Waals surface area contributed by atoms with Crippen LogP contribution in [0.15, 0.2) is 23.1 Å². The van der Waals surface area contributed by atoms with Gasteiger partial charge in [-0.1, -0.05) is 0 Å². The highest BCUT2D eigenvalue weighted by Crippen LogP contribution is 2.61. The zero-order valence-electron chi connectivity index (χ0n) is 17.8. The van der Waals surface area contributed by atoms with E-state index in [-0.39, 0.29) is 16.4 Å². The molecule has 4 bridgehead atoms. The van der Waals surface area contributed by atoms with Crippen LogP contribution in [-0.4, -0.2) is 40.0 Å². The number of hydrogen-bond donors (Lipinski definition) is 2. The van der Waals surface area contributed by atoms with Crippen molar-refractivity contribution >= 4 is 21.9 Å². The summed E-state index contributed by atoms with van der Waals surface area (Å²) in [6.07, 6.45) is 7.34. The molecule has 2 N–H and O–H groups in total. The fourth-order valence-corrected chi connectivity index (χ4v) is 7.05. The molecule has 31 heavy (non-hydrogen) atoms. The SMILES string of the molecule is CNS(=O)(=O)c1ccc(F)c(C(=O)OCC(=O)NC(C)C23CC4CC(CC(C4)C2)C3)c1. The van der Waals surface area contributed by atoms with E-state index in [0.717, 1.165) is 55.2 Å². The number of sulfonamides is 1. The summed E-state index contributed by atoms with van der Waals surface area (Å²) < 4.78 is 44.9. The van der Waals surface area contributed by atoms with Crippen molar-refractivity contribution in [2.45, 2.75) is 56.4 Å². The van der Waals surface area contributed by atoms with Gasteiger partial charge in [-0.3, -0.25) is 4.79 Å². The summed E-state index contributed by atoms with van der Waals surface area (Å²) in [5.41, 5.74) is -0.408. The van der Waals surface area contributed by atoms with Crippen LogP contribution in [0.2, 0.25) is 0 Å². The highest BCUT2D eigenvalue weighted by Gasteiger charge is 2.53. The molecule has 1 aromatic rings. The zero-order valence-corrected chi connectivity index (χ0v) is 18.6. The van der Waals surface area contributed by atoms with Crippen molar-refractivity contribution in [3.8, 4) is 0 Å². The van der Waals surface area contributed by atoms with E-state index in [1.807, 2.05) is 6.92 Å². The minimum absolute atomic E-state index is 0.0204. The van der Waals surface area contributed by atoms with Gasteiger partial charge in [0.1, 0.15) is 5.82 Å². The van der Waals surface area contributed by atoms with Gasteiger partial charge in [-0.2, -0.15) is 0 Å². The fourth-order valence-electron chi connectivity index (χ4n) is 6.30. The van der Waals surface area contributed by atoms with Crippen LogP contribution in [0, 0.1) is 29.0 Å². The van der Waals surface area contributed by atoms with E-state index in [0.29, 0.717) is 0 Å². The molecular formula is C22H29FN2O5S. The van der Waals surface area contributed by atoms with Crippen molar-refractivity contribution < 1.29 is 27.1 Å². The first-order valence-electron chi connectivity index (χ1n) is 10.8. The normalized spacial score (nSPS) is 30.1. The second-order valence-electron chi connectivity index (χ2n) is 9.49.